The van der Waals surface area contributed by atoms with Gasteiger partial charge in [-0.2, -0.15) is 10.1 Å². The minimum atomic E-state index is -3.76. The lowest BCUT2D eigenvalue weighted by atomic mass is 10.3. The van der Waals surface area contributed by atoms with Gasteiger partial charge in [0.25, 0.3) is 10.0 Å². The van der Waals surface area contributed by atoms with Crippen molar-refractivity contribution in [1.82, 2.24) is 14.8 Å². The van der Waals surface area contributed by atoms with Crippen LogP contribution in [0.2, 0.25) is 0 Å². The van der Waals surface area contributed by atoms with Gasteiger partial charge in [0.2, 0.25) is 5.95 Å². The molecule has 2 aromatic rings. The first-order valence-electron chi connectivity index (χ1n) is 5.24. The molecular weight excluding hydrogens is 270 g/mol. The summed E-state index contributed by atoms with van der Waals surface area (Å²) in [5.41, 5.74) is 6.00. The van der Waals surface area contributed by atoms with E-state index in [0.717, 1.165) is 0 Å². The Bertz CT molecular complexity index is 695. The van der Waals surface area contributed by atoms with Gasteiger partial charge >= 0.3 is 0 Å². The maximum absolute atomic E-state index is 12.1. The minimum absolute atomic E-state index is 0.0292. The lowest BCUT2D eigenvalue weighted by molar-refractivity contribution is 0.415. The molecule has 8 nitrogen and oxygen atoms in total. The first kappa shape index (κ1) is 13.1. The molecule has 0 spiro atoms. The van der Waals surface area contributed by atoms with Crippen molar-refractivity contribution in [3.05, 3.63) is 24.5 Å². The maximum atomic E-state index is 12.1. The van der Waals surface area contributed by atoms with Crippen molar-refractivity contribution in [2.45, 2.75) is 4.90 Å². The van der Waals surface area contributed by atoms with Crippen LogP contribution >= 0.6 is 0 Å². The van der Waals surface area contributed by atoms with Gasteiger partial charge in [0.05, 0.1) is 17.7 Å². The van der Waals surface area contributed by atoms with Crippen LogP contribution in [0.15, 0.2) is 29.4 Å². The monoisotopic (exact) mass is 283 g/mol. The van der Waals surface area contributed by atoms with Gasteiger partial charge in [-0.1, -0.05) is 0 Å². The van der Waals surface area contributed by atoms with E-state index in [0.29, 0.717) is 11.4 Å². The number of rotatable bonds is 4. The van der Waals surface area contributed by atoms with Gasteiger partial charge in [-0.05, 0) is 12.1 Å². The number of hydrogen-bond acceptors (Lipinski definition) is 6. The Kier molecular flexibility index (Phi) is 3.30. The predicted octanol–water partition coefficient (Wildman–Crippen LogP) is 0.207. The molecule has 1 aromatic heterocycles. The molecule has 0 unspecified atom stereocenters. The number of nitrogen functional groups attached to an aromatic ring is 1. The molecule has 0 aliphatic rings. The Morgan fingerprint density at radius 3 is 2.74 bits per heavy atom. The van der Waals surface area contributed by atoms with E-state index in [4.69, 9.17) is 10.5 Å². The van der Waals surface area contributed by atoms with Crippen molar-refractivity contribution in [1.29, 1.82) is 0 Å². The van der Waals surface area contributed by atoms with Gasteiger partial charge in [0, 0.05) is 13.1 Å². The highest BCUT2D eigenvalue weighted by molar-refractivity contribution is 7.92. The predicted molar refractivity (Wildman–Crippen MR) is 69.2 cm³/mol. The van der Waals surface area contributed by atoms with Crippen LogP contribution in [-0.2, 0) is 17.1 Å². The SMILES string of the molecule is COc1cc(S(=O)(=O)Nc2ncnn2C)ccc1N. The van der Waals surface area contributed by atoms with Crippen LogP contribution in [0.5, 0.6) is 5.75 Å². The first-order valence-corrected chi connectivity index (χ1v) is 6.72. The fourth-order valence-electron chi connectivity index (χ4n) is 1.43. The minimum Gasteiger partial charge on any atom is -0.495 e. The standard InChI is InChI=1S/C10H13N5O3S/c1-15-10(12-6-13-15)14-19(16,17)7-3-4-8(11)9(5-7)18-2/h3-6H,11H2,1-2H3,(H,12,13,14). The zero-order valence-corrected chi connectivity index (χ0v) is 11.2. The molecule has 0 amide bonds. The topological polar surface area (TPSA) is 112 Å². The molecule has 1 aromatic carbocycles. The molecule has 102 valence electrons. The summed E-state index contributed by atoms with van der Waals surface area (Å²) < 4.78 is 32.9. The van der Waals surface area contributed by atoms with Crippen LogP contribution in [0, 0.1) is 0 Å². The van der Waals surface area contributed by atoms with E-state index in [1.165, 1.54) is 36.3 Å². The summed E-state index contributed by atoms with van der Waals surface area (Å²) in [6.07, 6.45) is 1.25. The highest BCUT2D eigenvalue weighted by atomic mass is 32.2. The van der Waals surface area contributed by atoms with Crippen molar-refractivity contribution in [3.8, 4) is 5.75 Å². The lowest BCUT2D eigenvalue weighted by Crippen LogP contribution is -2.16. The van der Waals surface area contributed by atoms with Crippen molar-refractivity contribution in [3.63, 3.8) is 0 Å². The van der Waals surface area contributed by atoms with Crippen LogP contribution in [0.4, 0.5) is 11.6 Å². The Labute approximate surface area is 110 Å². The highest BCUT2D eigenvalue weighted by Crippen LogP contribution is 2.25. The number of benzene rings is 1. The van der Waals surface area contributed by atoms with E-state index in [1.807, 2.05) is 0 Å². The number of methoxy groups -OCH3 is 1. The molecular formula is C10H13N5O3S. The second kappa shape index (κ2) is 4.76. The molecule has 3 N–H and O–H groups in total. The summed E-state index contributed by atoms with van der Waals surface area (Å²) in [6.45, 7) is 0. The molecule has 0 saturated carbocycles. The number of nitrogens with zero attached hydrogens (tertiary/aromatic N) is 3. The van der Waals surface area contributed by atoms with Crippen LogP contribution in [0.1, 0.15) is 0 Å². The van der Waals surface area contributed by atoms with Gasteiger partial charge in [0.15, 0.2) is 0 Å². The average molecular weight is 283 g/mol. The van der Waals surface area contributed by atoms with Crippen LogP contribution in [0.25, 0.3) is 0 Å². The van der Waals surface area contributed by atoms with Crippen molar-refractivity contribution in [2.24, 2.45) is 7.05 Å². The Balaban J connectivity index is 2.37. The van der Waals surface area contributed by atoms with Crippen molar-refractivity contribution < 1.29 is 13.2 Å². The molecule has 1 heterocycles. The molecule has 0 fully saturated rings. The fourth-order valence-corrected chi connectivity index (χ4v) is 2.48. The molecule has 0 aliphatic carbocycles. The molecule has 0 atom stereocenters. The number of aryl methyl sites for hydroxylation is 1. The molecule has 19 heavy (non-hydrogen) atoms. The smallest absolute Gasteiger partial charge is 0.264 e. The van der Waals surface area contributed by atoms with Crippen LogP contribution < -0.4 is 15.2 Å². The van der Waals surface area contributed by atoms with E-state index in [1.54, 1.807) is 7.05 Å². The number of anilines is 2. The quantitative estimate of drug-likeness (QED) is 0.775. The van der Waals surface area contributed by atoms with E-state index in [-0.39, 0.29) is 10.8 Å². The van der Waals surface area contributed by atoms with Crippen LogP contribution in [-0.4, -0.2) is 30.3 Å². The summed E-state index contributed by atoms with van der Waals surface area (Å²) in [6, 6.07) is 4.19. The molecule has 0 saturated heterocycles. The van der Waals surface area contributed by atoms with Crippen molar-refractivity contribution in [2.75, 3.05) is 17.6 Å². The molecule has 0 aliphatic heterocycles. The second-order valence-corrected chi connectivity index (χ2v) is 5.40. The number of nitrogens with two attached hydrogens (primary N) is 1. The third kappa shape index (κ3) is 2.60. The summed E-state index contributed by atoms with van der Waals surface area (Å²) in [4.78, 5) is 3.82. The van der Waals surface area contributed by atoms with Gasteiger partial charge in [0.1, 0.15) is 12.1 Å². The summed E-state index contributed by atoms with van der Waals surface area (Å²) in [7, 11) is -0.771. The van der Waals surface area contributed by atoms with Gasteiger partial charge < -0.3 is 10.5 Å². The molecule has 0 radical (unpaired) electrons. The number of aromatic nitrogens is 3. The first-order chi connectivity index (χ1) is 8.94. The van der Waals surface area contributed by atoms with Gasteiger partial charge in [-0.25, -0.2) is 17.8 Å². The fraction of sp³-hybridized carbons (Fsp3) is 0.200. The zero-order valence-electron chi connectivity index (χ0n) is 10.4. The maximum Gasteiger partial charge on any atom is 0.264 e. The van der Waals surface area contributed by atoms with E-state index in [2.05, 4.69) is 14.8 Å². The molecule has 2 rings (SSSR count). The largest absolute Gasteiger partial charge is 0.495 e. The van der Waals surface area contributed by atoms with Crippen LogP contribution in [0.3, 0.4) is 0 Å². The third-order valence-corrected chi connectivity index (χ3v) is 3.78. The second-order valence-electron chi connectivity index (χ2n) is 3.72. The number of hydrogen-bond donors (Lipinski definition) is 2. The van der Waals surface area contributed by atoms with Gasteiger partial charge in [-0.15, -0.1) is 0 Å². The zero-order chi connectivity index (χ0) is 14.0. The number of ether oxygens (including phenoxy) is 1. The van der Waals surface area contributed by atoms with E-state index < -0.39 is 10.0 Å². The Hall–Kier alpha value is -2.29. The summed E-state index contributed by atoms with van der Waals surface area (Å²) in [5, 5.41) is 3.78. The molecule has 0 bridgehead atoms. The number of sulfonamides is 1. The highest BCUT2D eigenvalue weighted by Gasteiger charge is 2.18. The van der Waals surface area contributed by atoms with E-state index in [9.17, 15) is 8.42 Å². The van der Waals surface area contributed by atoms with E-state index >= 15 is 0 Å². The lowest BCUT2D eigenvalue weighted by Gasteiger charge is -2.09. The number of nitrogens with one attached hydrogen (secondary N) is 1. The van der Waals surface area contributed by atoms with Gasteiger partial charge in [-0.3, -0.25) is 0 Å². The Morgan fingerprint density at radius 2 is 2.16 bits per heavy atom. The average Bonchev–Trinajstić information content (AvgIpc) is 2.74. The molecule has 9 heteroatoms. The summed E-state index contributed by atoms with van der Waals surface area (Å²) >= 11 is 0. The van der Waals surface area contributed by atoms with Crippen molar-refractivity contribution >= 4 is 21.7 Å². The Morgan fingerprint density at radius 1 is 1.42 bits per heavy atom. The normalized spacial score (nSPS) is 11.3. The third-order valence-electron chi connectivity index (χ3n) is 2.45. The summed E-state index contributed by atoms with van der Waals surface area (Å²) in [5.74, 6) is 0.414.